The van der Waals surface area contributed by atoms with Crippen LogP contribution in [0.1, 0.15) is 12.8 Å². The Bertz CT molecular complexity index is 805. The number of hydrogen-bond acceptors (Lipinski definition) is 4. The maximum absolute atomic E-state index is 12.0. The minimum atomic E-state index is -0.284. The second kappa shape index (κ2) is 9.57. The van der Waals surface area contributed by atoms with Gasteiger partial charge >= 0.3 is 0 Å². The van der Waals surface area contributed by atoms with Gasteiger partial charge in [0.25, 0.3) is 0 Å². The van der Waals surface area contributed by atoms with Crippen molar-refractivity contribution in [3.05, 3.63) is 48.5 Å². The Hall–Kier alpha value is -4.08. The summed E-state index contributed by atoms with van der Waals surface area (Å²) in [7, 11) is 0. The molecule has 10 heteroatoms. The van der Waals surface area contributed by atoms with Crippen LogP contribution >= 0.6 is 0 Å². The summed E-state index contributed by atoms with van der Waals surface area (Å²) in [6.07, 6.45) is 0.0706. The SMILES string of the molecule is NC(N)=Nc1ccc(NC(=O)CCC(=O)Nc2ccc(N=C(N)N)cc2)cc1. The first kappa shape index (κ1) is 20.2. The van der Waals surface area contributed by atoms with Crippen molar-refractivity contribution in [1.82, 2.24) is 0 Å². The molecule has 0 unspecified atom stereocenters. The van der Waals surface area contributed by atoms with Crippen molar-refractivity contribution in [3.8, 4) is 0 Å². The summed E-state index contributed by atoms with van der Waals surface area (Å²) in [5.74, 6) is -0.664. The van der Waals surface area contributed by atoms with E-state index in [1.165, 1.54) is 0 Å². The number of anilines is 2. The number of nitrogens with zero attached hydrogens (tertiary/aromatic N) is 2. The van der Waals surface area contributed by atoms with E-state index in [0.29, 0.717) is 22.7 Å². The van der Waals surface area contributed by atoms with Gasteiger partial charge in [0.05, 0.1) is 11.4 Å². The van der Waals surface area contributed by atoms with Gasteiger partial charge in [0.2, 0.25) is 11.8 Å². The van der Waals surface area contributed by atoms with Crippen LogP contribution in [0.5, 0.6) is 0 Å². The number of benzene rings is 2. The fourth-order valence-electron chi connectivity index (χ4n) is 2.21. The first-order valence-electron chi connectivity index (χ1n) is 8.31. The third-order valence-corrected chi connectivity index (χ3v) is 3.40. The zero-order valence-corrected chi connectivity index (χ0v) is 15.1. The lowest BCUT2D eigenvalue weighted by molar-refractivity contribution is -0.121. The second-order valence-corrected chi connectivity index (χ2v) is 5.76. The molecule has 0 bridgehead atoms. The van der Waals surface area contributed by atoms with Gasteiger partial charge in [-0.3, -0.25) is 9.59 Å². The van der Waals surface area contributed by atoms with Crippen LogP contribution in [0.4, 0.5) is 22.7 Å². The lowest BCUT2D eigenvalue weighted by Crippen LogP contribution is -2.21. The topological polar surface area (TPSA) is 187 Å². The Balaban J connectivity index is 1.79. The molecular formula is C18H22N8O2. The summed E-state index contributed by atoms with van der Waals surface area (Å²) in [5.41, 5.74) is 23.5. The van der Waals surface area contributed by atoms with E-state index in [1.807, 2.05) is 0 Å². The van der Waals surface area contributed by atoms with E-state index in [1.54, 1.807) is 48.5 Å². The van der Waals surface area contributed by atoms with Crippen LogP contribution in [-0.4, -0.2) is 23.7 Å². The molecule has 0 aliphatic rings. The Morgan fingerprint density at radius 3 is 1.25 bits per heavy atom. The summed E-state index contributed by atoms with van der Waals surface area (Å²) in [6.45, 7) is 0. The van der Waals surface area contributed by atoms with E-state index < -0.39 is 0 Å². The number of aliphatic imine (C=N–C) groups is 2. The highest BCUT2D eigenvalue weighted by atomic mass is 16.2. The standard InChI is InChI=1S/C18H22N8O2/c19-17(20)25-13-5-1-11(2-6-13)23-15(27)9-10-16(28)24-12-3-7-14(8-4-12)26-18(21)22/h1-8H,9-10H2,(H,23,27)(H,24,28)(H4,19,20,25)(H4,21,22,26). The molecule has 2 aromatic rings. The van der Waals surface area contributed by atoms with Crippen LogP contribution in [0.25, 0.3) is 0 Å². The molecule has 10 N–H and O–H groups in total. The zero-order valence-electron chi connectivity index (χ0n) is 15.1. The van der Waals surface area contributed by atoms with Gasteiger partial charge in [0.1, 0.15) is 0 Å². The summed E-state index contributed by atoms with van der Waals surface area (Å²) in [6, 6.07) is 13.3. The molecule has 0 aliphatic carbocycles. The molecule has 146 valence electrons. The molecular weight excluding hydrogens is 360 g/mol. The smallest absolute Gasteiger partial charge is 0.224 e. The highest BCUT2D eigenvalue weighted by Gasteiger charge is 2.08. The highest BCUT2D eigenvalue weighted by molar-refractivity contribution is 5.97. The van der Waals surface area contributed by atoms with Crippen LogP contribution in [-0.2, 0) is 9.59 Å². The maximum Gasteiger partial charge on any atom is 0.224 e. The monoisotopic (exact) mass is 382 g/mol. The molecule has 0 fully saturated rings. The van der Waals surface area contributed by atoms with Crippen molar-refractivity contribution >= 4 is 46.5 Å². The summed E-state index contributed by atoms with van der Waals surface area (Å²) in [5, 5.41) is 5.40. The first-order valence-corrected chi connectivity index (χ1v) is 8.31. The van der Waals surface area contributed by atoms with Crippen molar-refractivity contribution in [1.29, 1.82) is 0 Å². The van der Waals surface area contributed by atoms with E-state index in [-0.39, 0.29) is 36.6 Å². The zero-order chi connectivity index (χ0) is 20.5. The van der Waals surface area contributed by atoms with Crippen LogP contribution in [0.3, 0.4) is 0 Å². The van der Waals surface area contributed by atoms with Crippen LogP contribution in [0.2, 0.25) is 0 Å². The minimum Gasteiger partial charge on any atom is -0.370 e. The van der Waals surface area contributed by atoms with Gasteiger partial charge in [-0.2, -0.15) is 0 Å². The van der Waals surface area contributed by atoms with Crippen LogP contribution < -0.4 is 33.6 Å². The van der Waals surface area contributed by atoms with Gasteiger partial charge in [-0.1, -0.05) is 0 Å². The predicted molar refractivity (Wildman–Crippen MR) is 110 cm³/mol. The quantitative estimate of drug-likeness (QED) is 0.304. The molecule has 0 aromatic heterocycles. The van der Waals surface area contributed by atoms with E-state index in [4.69, 9.17) is 22.9 Å². The molecule has 0 aliphatic heterocycles. The number of nitrogens with two attached hydrogens (primary N) is 4. The fourth-order valence-corrected chi connectivity index (χ4v) is 2.21. The van der Waals surface area contributed by atoms with Gasteiger partial charge in [-0.25, -0.2) is 9.98 Å². The largest absolute Gasteiger partial charge is 0.370 e. The van der Waals surface area contributed by atoms with E-state index in [0.717, 1.165) is 0 Å². The molecule has 0 saturated carbocycles. The number of amides is 2. The molecule has 0 saturated heterocycles. The van der Waals surface area contributed by atoms with Gasteiger partial charge in [0.15, 0.2) is 11.9 Å². The Morgan fingerprint density at radius 2 is 0.964 bits per heavy atom. The van der Waals surface area contributed by atoms with E-state index >= 15 is 0 Å². The number of nitrogens with one attached hydrogen (secondary N) is 2. The third kappa shape index (κ3) is 7.04. The summed E-state index contributed by atoms with van der Waals surface area (Å²) < 4.78 is 0. The molecule has 2 aromatic carbocycles. The third-order valence-electron chi connectivity index (χ3n) is 3.40. The van der Waals surface area contributed by atoms with Gasteiger partial charge in [-0.05, 0) is 48.5 Å². The van der Waals surface area contributed by atoms with Gasteiger partial charge < -0.3 is 33.6 Å². The van der Waals surface area contributed by atoms with Gasteiger partial charge in [0, 0.05) is 24.2 Å². The minimum absolute atomic E-state index is 0.0353. The number of carbonyl (C=O) groups excluding carboxylic acids is 2. The molecule has 10 nitrogen and oxygen atoms in total. The Labute approximate surface area is 161 Å². The average molecular weight is 382 g/mol. The second-order valence-electron chi connectivity index (χ2n) is 5.76. The van der Waals surface area contributed by atoms with E-state index in [2.05, 4.69) is 20.6 Å². The number of rotatable bonds is 7. The van der Waals surface area contributed by atoms with Crippen LogP contribution in [0, 0.1) is 0 Å². The van der Waals surface area contributed by atoms with Crippen LogP contribution in [0.15, 0.2) is 58.5 Å². The number of carbonyl (C=O) groups is 2. The predicted octanol–water partition coefficient (Wildman–Crippen LogP) is 0.854. The molecule has 28 heavy (non-hydrogen) atoms. The molecule has 0 atom stereocenters. The Kier molecular flexibility index (Phi) is 6.92. The first-order chi connectivity index (χ1) is 13.3. The van der Waals surface area contributed by atoms with E-state index in [9.17, 15) is 9.59 Å². The summed E-state index contributed by atoms with van der Waals surface area (Å²) >= 11 is 0. The summed E-state index contributed by atoms with van der Waals surface area (Å²) in [4.78, 5) is 31.7. The van der Waals surface area contributed by atoms with Crippen molar-refractivity contribution < 1.29 is 9.59 Å². The lowest BCUT2D eigenvalue weighted by Gasteiger charge is -2.07. The lowest BCUT2D eigenvalue weighted by atomic mass is 10.2. The van der Waals surface area contributed by atoms with Crippen molar-refractivity contribution in [2.45, 2.75) is 12.8 Å². The van der Waals surface area contributed by atoms with Crippen molar-refractivity contribution in [2.24, 2.45) is 32.9 Å². The number of hydrogen-bond donors (Lipinski definition) is 6. The molecule has 2 rings (SSSR count). The molecule has 0 radical (unpaired) electrons. The molecule has 2 amide bonds. The number of guanidine groups is 2. The Morgan fingerprint density at radius 1 is 0.643 bits per heavy atom. The molecule has 0 spiro atoms. The average Bonchev–Trinajstić information content (AvgIpc) is 2.62. The van der Waals surface area contributed by atoms with Gasteiger partial charge in [-0.15, -0.1) is 0 Å². The maximum atomic E-state index is 12.0. The van der Waals surface area contributed by atoms with Crippen molar-refractivity contribution in [2.75, 3.05) is 10.6 Å². The highest BCUT2D eigenvalue weighted by Crippen LogP contribution is 2.17. The molecule has 0 heterocycles. The fraction of sp³-hybridized carbons (Fsp3) is 0.111. The van der Waals surface area contributed by atoms with Crippen molar-refractivity contribution in [3.63, 3.8) is 0 Å². The normalized spacial score (nSPS) is 9.86.